The first kappa shape index (κ1) is 14.3. The van der Waals surface area contributed by atoms with Crippen LogP contribution in [0.3, 0.4) is 0 Å². The van der Waals surface area contributed by atoms with Crippen LogP contribution in [-0.4, -0.2) is 9.97 Å². The van der Waals surface area contributed by atoms with Crippen molar-refractivity contribution in [1.29, 1.82) is 0 Å². The van der Waals surface area contributed by atoms with Crippen LogP contribution in [0.4, 0.5) is 0 Å². The van der Waals surface area contributed by atoms with Gasteiger partial charge < -0.3 is 4.98 Å². The van der Waals surface area contributed by atoms with Crippen LogP contribution in [0.5, 0.6) is 0 Å². The molecule has 21 heavy (non-hydrogen) atoms. The molecule has 0 atom stereocenters. The summed E-state index contributed by atoms with van der Waals surface area (Å²) in [6.45, 7) is 0. The molecule has 0 saturated heterocycles. The smallest absolute Gasteiger partial charge is 0.0544 e. The zero-order chi connectivity index (χ0) is 13.4. The number of benzene rings is 2. The number of nitrogens with zero attached hydrogens (tertiary/aromatic N) is 2. The van der Waals surface area contributed by atoms with E-state index in [0.29, 0.717) is 0 Å². The zero-order valence-corrected chi connectivity index (χ0v) is 14.1. The Balaban J connectivity index is 0.00000132. The summed E-state index contributed by atoms with van der Waals surface area (Å²) in [5, 5.41) is 2.17. The van der Waals surface area contributed by atoms with E-state index in [0.717, 1.165) is 32.9 Å². The van der Waals surface area contributed by atoms with E-state index in [1.165, 1.54) is 0 Å². The normalized spacial score (nSPS) is 10.5. The molecule has 2 aromatic heterocycles. The first-order valence-corrected chi connectivity index (χ1v) is 6.45. The molecule has 1 radical (unpaired) electrons. The molecule has 97 valence electrons. The zero-order valence-electron chi connectivity index (χ0n) is 11.2. The van der Waals surface area contributed by atoms with Crippen LogP contribution in [0.2, 0.25) is 0 Å². The maximum absolute atomic E-state index is 4.48. The van der Waals surface area contributed by atoms with E-state index in [1.54, 1.807) is 6.20 Å². The largest absolute Gasteiger partial charge is 0.360 e. The first-order chi connectivity index (χ1) is 9.92. The monoisotopic (exact) mass is 343 g/mol. The Morgan fingerprint density at radius 2 is 1.71 bits per heavy atom. The van der Waals surface area contributed by atoms with Crippen molar-refractivity contribution in [2.75, 3.05) is 0 Å². The first-order valence-electron chi connectivity index (χ1n) is 6.45. The standard InChI is InChI=1S/C18H10N2.Y/c1-2-5-13(6-3-1)16-11-15-9-8-14-7-4-10-19-17(14)18(15)20-12-16;/h1-5,7-11H;/q-2;. The van der Waals surface area contributed by atoms with E-state index in [2.05, 4.69) is 40.4 Å². The van der Waals surface area contributed by atoms with Crippen molar-refractivity contribution in [1.82, 2.24) is 9.97 Å². The van der Waals surface area contributed by atoms with E-state index in [4.69, 9.17) is 0 Å². The minimum absolute atomic E-state index is 0. The van der Waals surface area contributed by atoms with E-state index < -0.39 is 0 Å². The molecule has 2 heterocycles. The van der Waals surface area contributed by atoms with Crippen molar-refractivity contribution in [2.24, 2.45) is 0 Å². The molecule has 0 aliphatic carbocycles. The molecule has 0 bridgehead atoms. The fourth-order valence-corrected chi connectivity index (χ4v) is 2.38. The van der Waals surface area contributed by atoms with Crippen molar-refractivity contribution in [3.05, 3.63) is 73.1 Å². The molecule has 3 heteroatoms. The number of rotatable bonds is 1. The van der Waals surface area contributed by atoms with Crippen molar-refractivity contribution in [3.63, 3.8) is 0 Å². The van der Waals surface area contributed by atoms with Gasteiger partial charge >= 0.3 is 0 Å². The van der Waals surface area contributed by atoms with Gasteiger partial charge in [0.2, 0.25) is 0 Å². The van der Waals surface area contributed by atoms with Gasteiger partial charge in [-0.05, 0) is 11.5 Å². The third-order valence-corrected chi connectivity index (χ3v) is 3.37. The summed E-state index contributed by atoms with van der Waals surface area (Å²) < 4.78 is 0. The van der Waals surface area contributed by atoms with Crippen LogP contribution >= 0.6 is 0 Å². The van der Waals surface area contributed by atoms with Gasteiger partial charge in [0.15, 0.2) is 0 Å². The van der Waals surface area contributed by atoms with Crippen LogP contribution < -0.4 is 0 Å². The molecule has 0 spiro atoms. The van der Waals surface area contributed by atoms with Crippen LogP contribution in [0, 0.1) is 12.3 Å². The number of pyridine rings is 2. The second-order valence-electron chi connectivity index (χ2n) is 4.64. The minimum Gasteiger partial charge on any atom is -0.360 e. The second kappa shape index (κ2) is 6.01. The molecule has 2 nitrogen and oxygen atoms in total. The Morgan fingerprint density at radius 3 is 2.57 bits per heavy atom. The summed E-state index contributed by atoms with van der Waals surface area (Å²) in [4.78, 5) is 8.90. The van der Waals surface area contributed by atoms with Crippen molar-refractivity contribution < 1.29 is 32.7 Å². The molecule has 0 unspecified atom stereocenters. The SMILES string of the molecule is [Y].[c-]1ccccc1-c1[c-]nc2c(ccc3cccnc32)c1. The number of hydrogen-bond acceptors (Lipinski definition) is 2. The van der Waals surface area contributed by atoms with E-state index in [-0.39, 0.29) is 32.7 Å². The predicted molar refractivity (Wildman–Crippen MR) is 80.2 cm³/mol. The molecule has 2 aromatic carbocycles. The Bertz CT molecular complexity index is 904. The predicted octanol–water partition coefficient (Wildman–Crippen LogP) is 4.05. The average Bonchev–Trinajstić information content (AvgIpc) is 2.55. The Morgan fingerprint density at radius 1 is 0.810 bits per heavy atom. The Hall–Kier alpha value is -1.64. The molecule has 0 saturated carbocycles. The molecule has 4 rings (SSSR count). The Labute approximate surface area is 148 Å². The average molecular weight is 343 g/mol. The summed E-state index contributed by atoms with van der Waals surface area (Å²) in [5.41, 5.74) is 3.77. The van der Waals surface area contributed by atoms with Crippen molar-refractivity contribution in [2.45, 2.75) is 0 Å². The van der Waals surface area contributed by atoms with E-state index in [9.17, 15) is 0 Å². The number of aromatic nitrogens is 2. The van der Waals surface area contributed by atoms with Crippen LogP contribution in [0.1, 0.15) is 0 Å². The molecule has 0 amide bonds. The number of hydrogen-bond donors (Lipinski definition) is 0. The summed E-state index contributed by atoms with van der Waals surface area (Å²) in [5.74, 6) is 0. The van der Waals surface area contributed by atoms with Crippen LogP contribution in [0.15, 0.2) is 60.8 Å². The quantitative estimate of drug-likeness (QED) is 0.385. The van der Waals surface area contributed by atoms with Gasteiger partial charge in [-0.1, -0.05) is 29.8 Å². The Kier molecular flexibility index (Phi) is 4.09. The molecule has 0 fully saturated rings. The van der Waals surface area contributed by atoms with Crippen molar-refractivity contribution >= 4 is 21.8 Å². The summed E-state index contributed by atoms with van der Waals surface area (Å²) in [6, 6.07) is 21.3. The molecule has 0 aliphatic heterocycles. The number of fused-ring (bicyclic) bond motifs is 3. The van der Waals surface area contributed by atoms with Gasteiger partial charge in [0, 0.05) is 44.4 Å². The maximum atomic E-state index is 4.48. The van der Waals surface area contributed by atoms with Gasteiger partial charge in [0.05, 0.1) is 5.52 Å². The fraction of sp³-hybridized carbons (Fsp3) is 0. The second-order valence-corrected chi connectivity index (χ2v) is 4.64. The fourth-order valence-electron chi connectivity index (χ4n) is 2.38. The van der Waals surface area contributed by atoms with E-state index >= 15 is 0 Å². The third kappa shape index (κ3) is 2.62. The van der Waals surface area contributed by atoms with Gasteiger partial charge in [-0.25, -0.2) is 11.1 Å². The third-order valence-electron chi connectivity index (χ3n) is 3.37. The molecule has 0 aliphatic rings. The van der Waals surface area contributed by atoms with Crippen molar-refractivity contribution in [3.8, 4) is 11.1 Å². The van der Waals surface area contributed by atoms with Gasteiger partial charge in [-0.3, -0.25) is 4.98 Å². The summed E-state index contributed by atoms with van der Waals surface area (Å²) in [7, 11) is 0. The van der Waals surface area contributed by atoms with Gasteiger partial charge in [0.1, 0.15) is 0 Å². The summed E-state index contributed by atoms with van der Waals surface area (Å²) >= 11 is 0. The topological polar surface area (TPSA) is 25.8 Å². The molecular weight excluding hydrogens is 333 g/mol. The van der Waals surface area contributed by atoms with Gasteiger partial charge in [-0.15, -0.1) is 6.07 Å². The van der Waals surface area contributed by atoms with E-state index in [1.807, 2.05) is 36.4 Å². The molecular formula is C18H10N2Y-2. The molecule has 4 aromatic rings. The maximum Gasteiger partial charge on any atom is 0.0544 e. The van der Waals surface area contributed by atoms with Crippen LogP contribution in [0.25, 0.3) is 32.9 Å². The van der Waals surface area contributed by atoms with Gasteiger partial charge in [-0.2, -0.15) is 30.3 Å². The molecule has 0 N–H and O–H groups in total. The summed E-state index contributed by atoms with van der Waals surface area (Å²) in [6.07, 6.45) is 4.89. The minimum atomic E-state index is 0. The van der Waals surface area contributed by atoms with Gasteiger partial charge in [0.25, 0.3) is 0 Å². The van der Waals surface area contributed by atoms with Crippen LogP contribution in [-0.2, 0) is 32.7 Å².